The summed E-state index contributed by atoms with van der Waals surface area (Å²) in [6.07, 6.45) is 5.15. The summed E-state index contributed by atoms with van der Waals surface area (Å²) >= 11 is 3.64. The third-order valence-corrected chi connectivity index (χ3v) is 8.43. The molecule has 2 atom stereocenters. The Morgan fingerprint density at radius 1 is 1.13 bits per heavy atom. The zero-order valence-corrected chi connectivity index (χ0v) is 18.9. The monoisotopic (exact) mass is 440 g/mol. The summed E-state index contributed by atoms with van der Waals surface area (Å²) in [5.41, 5.74) is 3.68. The Labute approximate surface area is 187 Å². The maximum absolute atomic E-state index is 12.7. The highest BCUT2D eigenvalue weighted by atomic mass is 32.2. The van der Waals surface area contributed by atoms with Crippen molar-refractivity contribution in [3.63, 3.8) is 0 Å². The molecule has 1 amide bonds. The maximum atomic E-state index is 12.7. The first kappa shape index (κ1) is 20.3. The second-order valence-corrected chi connectivity index (χ2v) is 10.4. The van der Waals surface area contributed by atoms with Gasteiger partial charge in [0.05, 0.1) is 6.04 Å². The summed E-state index contributed by atoms with van der Waals surface area (Å²) in [5, 5.41) is 3.16. The number of rotatable bonds is 4. The van der Waals surface area contributed by atoms with Crippen molar-refractivity contribution in [1.82, 2.24) is 10.2 Å². The van der Waals surface area contributed by atoms with Gasteiger partial charge >= 0.3 is 6.09 Å². The van der Waals surface area contributed by atoms with E-state index >= 15 is 0 Å². The van der Waals surface area contributed by atoms with Gasteiger partial charge in [0.1, 0.15) is 6.10 Å². The van der Waals surface area contributed by atoms with Gasteiger partial charge in [-0.2, -0.15) is 0 Å². The van der Waals surface area contributed by atoms with E-state index in [4.69, 9.17) is 4.74 Å². The molecule has 2 aromatic rings. The number of carbonyl (C=O) groups is 1. The minimum Gasteiger partial charge on any atom is -0.445 e. The first-order chi connectivity index (χ1) is 14.7. The second kappa shape index (κ2) is 8.85. The largest absolute Gasteiger partial charge is 0.445 e. The minimum absolute atomic E-state index is 0.0291. The van der Waals surface area contributed by atoms with E-state index in [1.165, 1.54) is 26.5 Å². The van der Waals surface area contributed by atoms with Crippen LogP contribution in [-0.2, 0) is 4.74 Å². The summed E-state index contributed by atoms with van der Waals surface area (Å²) < 4.78 is 5.86. The van der Waals surface area contributed by atoms with Gasteiger partial charge in [0.2, 0.25) is 0 Å². The number of hydrogen-bond donors (Lipinski definition) is 1. The van der Waals surface area contributed by atoms with E-state index in [9.17, 15) is 4.79 Å². The highest BCUT2D eigenvalue weighted by molar-refractivity contribution is 7.99. The Hall–Kier alpha value is -1.63. The van der Waals surface area contributed by atoms with Crippen LogP contribution in [0.5, 0.6) is 0 Å². The SMILES string of the molecule is CSc1cccc(-c2ccc3c(c2)SCCC3NC(=O)O[C@@H]2CN3CCC2CC3)c1. The van der Waals surface area contributed by atoms with Gasteiger partial charge in [-0.15, -0.1) is 23.5 Å². The Morgan fingerprint density at radius 3 is 2.73 bits per heavy atom. The number of benzene rings is 2. The average Bonchev–Trinajstić information content (AvgIpc) is 2.80. The number of nitrogens with zero attached hydrogens (tertiary/aromatic N) is 1. The van der Waals surface area contributed by atoms with E-state index in [1.807, 2.05) is 11.8 Å². The quantitative estimate of drug-likeness (QED) is 0.642. The molecule has 1 unspecified atom stereocenters. The van der Waals surface area contributed by atoms with Gasteiger partial charge in [0.15, 0.2) is 0 Å². The third-order valence-electron chi connectivity index (χ3n) is 6.60. The van der Waals surface area contributed by atoms with Crippen molar-refractivity contribution in [1.29, 1.82) is 0 Å². The molecular formula is C24H28N2O2S2. The van der Waals surface area contributed by atoms with Gasteiger partial charge < -0.3 is 10.1 Å². The molecule has 2 bridgehead atoms. The van der Waals surface area contributed by atoms with Gasteiger partial charge in [-0.25, -0.2) is 4.79 Å². The average molecular weight is 441 g/mol. The number of amides is 1. The van der Waals surface area contributed by atoms with Crippen LogP contribution in [0.1, 0.15) is 30.9 Å². The zero-order chi connectivity index (χ0) is 20.5. The molecule has 0 radical (unpaired) electrons. The molecule has 3 fully saturated rings. The molecule has 6 rings (SSSR count). The fraction of sp³-hybridized carbons (Fsp3) is 0.458. The lowest BCUT2D eigenvalue weighted by molar-refractivity contribution is -0.0339. The molecule has 0 saturated carbocycles. The predicted octanol–water partition coefficient (Wildman–Crippen LogP) is 5.43. The lowest BCUT2D eigenvalue weighted by Crippen LogP contribution is -2.52. The Kier molecular flexibility index (Phi) is 5.98. The number of thioether (sulfide) groups is 2. The van der Waals surface area contributed by atoms with Crippen LogP contribution in [0.15, 0.2) is 52.3 Å². The van der Waals surface area contributed by atoms with Gasteiger partial charge in [-0.3, -0.25) is 4.90 Å². The van der Waals surface area contributed by atoms with Gasteiger partial charge in [-0.1, -0.05) is 24.3 Å². The van der Waals surface area contributed by atoms with E-state index in [-0.39, 0.29) is 18.2 Å². The first-order valence-electron chi connectivity index (χ1n) is 10.8. The number of nitrogens with one attached hydrogen (secondary N) is 1. The van der Waals surface area contributed by atoms with E-state index < -0.39 is 0 Å². The van der Waals surface area contributed by atoms with Crippen LogP contribution in [0.25, 0.3) is 11.1 Å². The Balaban J connectivity index is 1.28. The molecule has 158 valence electrons. The van der Waals surface area contributed by atoms with E-state index in [1.54, 1.807) is 11.8 Å². The van der Waals surface area contributed by atoms with E-state index in [0.717, 1.165) is 44.6 Å². The van der Waals surface area contributed by atoms with Gasteiger partial charge in [0, 0.05) is 22.1 Å². The fourth-order valence-electron chi connectivity index (χ4n) is 4.88. The van der Waals surface area contributed by atoms with Crippen molar-refractivity contribution < 1.29 is 9.53 Å². The van der Waals surface area contributed by atoms with Crippen LogP contribution in [0.4, 0.5) is 4.79 Å². The van der Waals surface area contributed by atoms with Crippen molar-refractivity contribution in [2.75, 3.05) is 31.6 Å². The van der Waals surface area contributed by atoms with Crippen LogP contribution in [-0.4, -0.2) is 48.7 Å². The number of alkyl carbamates (subject to hydrolysis) is 1. The Bertz CT molecular complexity index is 927. The normalized spacial score (nSPS) is 27.4. The second-order valence-electron chi connectivity index (χ2n) is 8.40. The van der Waals surface area contributed by atoms with Crippen molar-refractivity contribution in [2.45, 2.75) is 41.2 Å². The molecular weight excluding hydrogens is 412 g/mol. The summed E-state index contributed by atoms with van der Waals surface area (Å²) in [4.78, 5) is 17.6. The highest BCUT2D eigenvalue weighted by Gasteiger charge is 2.37. The molecule has 2 aromatic carbocycles. The van der Waals surface area contributed by atoms with E-state index in [0.29, 0.717) is 5.92 Å². The van der Waals surface area contributed by atoms with Crippen molar-refractivity contribution in [3.05, 3.63) is 48.0 Å². The Morgan fingerprint density at radius 2 is 1.97 bits per heavy atom. The molecule has 0 spiro atoms. The molecule has 6 heteroatoms. The summed E-state index contributed by atoms with van der Waals surface area (Å²) in [6.45, 7) is 3.21. The number of fused-ring (bicyclic) bond motifs is 4. The topological polar surface area (TPSA) is 41.6 Å². The number of hydrogen-bond acceptors (Lipinski definition) is 5. The molecule has 0 aliphatic carbocycles. The van der Waals surface area contributed by atoms with Crippen LogP contribution in [0.3, 0.4) is 0 Å². The molecule has 1 N–H and O–H groups in total. The van der Waals surface area contributed by atoms with Crippen molar-refractivity contribution in [3.8, 4) is 11.1 Å². The molecule has 0 aromatic heterocycles. The van der Waals surface area contributed by atoms with Gasteiger partial charge in [-0.05, 0) is 79.4 Å². The smallest absolute Gasteiger partial charge is 0.407 e. The van der Waals surface area contributed by atoms with E-state index in [2.05, 4.69) is 58.9 Å². The summed E-state index contributed by atoms with van der Waals surface area (Å²) in [6, 6.07) is 15.3. The summed E-state index contributed by atoms with van der Waals surface area (Å²) in [7, 11) is 0. The molecule has 30 heavy (non-hydrogen) atoms. The first-order valence-corrected chi connectivity index (χ1v) is 13.0. The van der Waals surface area contributed by atoms with Crippen LogP contribution in [0.2, 0.25) is 0 Å². The van der Waals surface area contributed by atoms with Crippen LogP contribution >= 0.6 is 23.5 Å². The predicted molar refractivity (Wildman–Crippen MR) is 124 cm³/mol. The van der Waals surface area contributed by atoms with Crippen molar-refractivity contribution >= 4 is 29.6 Å². The molecule has 4 aliphatic heterocycles. The minimum atomic E-state index is -0.256. The highest BCUT2D eigenvalue weighted by Crippen LogP contribution is 2.39. The van der Waals surface area contributed by atoms with Crippen LogP contribution in [0, 0.1) is 5.92 Å². The third kappa shape index (κ3) is 4.23. The molecule has 3 saturated heterocycles. The summed E-state index contributed by atoms with van der Waals surface area (Å²) in [5.74, 6) is 1.54. The number of piperidine rings is 3. The molecule has 4 nitrogen and oxygen atoms in total. The van der Waals surface area contributed by atoms with Crippen LogP contribution < -0.4 is 5.32 Å². The molecule has 4 heterocycles. The van der Waals surface area contributed by atoms with Gasteiger partial charge in [0.25, 0.3) is 0 Å². The standard InChI is InChI=1S/C24H28N2O2S2/c1-29-19-4-2-3-17(13-19)18-5-6-20-21(9-12-30-23(20)14-18)25-24(27)28-22-15-26-10-7-16(22)8-11-26/h2-6,13-14,16,21-22H,7-12,15H2,1H3,(H,25,27)/t21?,22-/m1/s1. The number of ether oxygens (including phenoxy) is 1. The van der Waals surface area contributed by atoms with Crippen molar-refractivity contribution in [2.24, 2.45) is 5.92 Å². The zero-order valence-electron chi connectivity index (χ0n) is 17.3. The maximum Gasteiger partial charge on any atom is 0.407 e. The lowest BCUT2D eigenvalue weighted by Gasteiger charge is -2.44. The number of carbonyl (C=O) groups excluding carboxylic acids is 1. The molecule has 4 aliphatic rings. The lowest BCUT2D eigenvalue weighted by atomic mass is 9.86. The fourth-order valence-corrected chi connectivity index (χ4v) is 6.50.